The van der Waals surface area contributed by atoms with Crippen LogP contribution >= 0.6 is 11.8 Å². The lowest BCUT2D eigenvalue weighted by molar-refractivity contribution is -0.135. The number of ether oxygens (including phenoxy) is 1. The molecule has 0 bridgehead atoms. The third-order valence-electron chi connectivity index (χ3n) is 2.97. The molecule has 2 heterocycles. The molecular weight excluding hydrogens is 280 g/mol. The lowest BCUT2D eigenvalue weighted by Gasteiger charge is -2.26. The molecule has 1 saturated heterocycles. The maximum absolute atomic E-state index is 11.9. The highest BCUT2D eigenvalue weighted by atomic mass is 32.2. The van der Waals surface area contributed by atoms with Gasteiger partial charge in [0.15, 0.2) is 0 Å². The molecule has 1 aromatic rings. The largest absolute Gasteiger partial charge is 0.378 e. The zero-order valence-electron chi connectivity index (χ0n) is 11.4. The van der Waals surface area contributed by atoms with Gasteiger partial charge in [-0.25, -0.2) is 4.68 Å². The maximum Gasteiger partial charge on any atom is 0.222 e. The molecule has 2 rings (SSSR count). The summed E-state index contributed by atoms with van der Waals surface area (Å²) < 4.78 is 6.92. The molecule has 1 aromatic heterocycles. The standard InChI is InChI=1S/C11H20N6O2S/c12-3-4-17-11(13-14-15-17)20-9-1-2-10(18)16-5-7-19-8-6-16/h1-9,12H2. The molecule has 0 spiro atoms. The highest BCUT2D eigenvalue weighted by Crippen LogP contribution is 2.15. The van der Waals surface area contributed by atoms with E-state index in [1.807, 2.05) is 4.90 Å². The van der Waals surface area contributed by atoms with Crippen LogP contribution in [-0.4, -0.2) is 69.6 Å². The Labute approximate surface area is 122 Å². The van der Waals surface area contributed by atoms with Crippen LogP contribution in [0.3, 0.4) is 0 Å². The number of carbonyl (C=O) groups is 1. The predicted octanol–water partition coefficient (Wildman–Crippen LogP) is -0.637. The topological polar surface area (TPSA) is 99.2 Å². The van der Waals surface area contributed by atoms with Crippen molar-refractivity contribution in [3.63, 3.8) is 0 Å². The van der Waals surface area contributed by atoms with E-state index in [0.717, 1.165) is 17.3 Å². The fourth-order valence-corrected chi connectivity index (χ4v) is 2.76. The van der Waals surface area contributed by atoms with Crippen LogP contribution in [0.2, 0.25) is 0 Å². The summed E-state index contributed by atoms with van der Waals surface area (Å²) in [5, 5.41) is 12.2. The van der Waals surface area contributed by atoms with Gasteiger partial charge < -0.3 is 15.4 Å². The monoisotopic (exact) mass is 300 g/mol. The molecule has 20 heavy (non-hydrogen) atoms. The number of amides is 1. The maximum atomic E-state index is 11.9. The Kier molecular flexibility index (Phi) is 6.22. The van der Waals surface area contributed by atoms with Crippen LogP contribution in [0.5, 0.6) is 0 Å². The van der Waals surface area contributed by atoms with E-state index in [9.17, 15) is 4.79 Å². The molecule has 0 atom stereocenters. The molecule has 112 valence electrons. The average Bonchev–Trinajstić information content (AvgIpc) is 2.92. The van der Waals surface area contributed by atoms with Crippen molar-refractivity contribution in [2.45, 2.75) is 24.5 Å². The summed E-state index contributed by atoms with van der Waals surface area (Å²) in [6.45, 7) is 3.83. The Morgan fingerprint density at radius 1 is 1.40 bits per heavy atom. The molecule has 1 amide bonds. The lowest BCUT2D eigenvalue weighted by Crippen LogP contribution is -2.40. The van der Waals surface area contributed by atoms with E-state index in [4.69, 9.17) is 10.5 Å². The zero-order chi connectivity index (χ0) is 14.2. The van der Waals surface area contributed by atoms with Crippen LogP contribution in [0, 0.1) is 0 Å². The van der Waals surface area contributed by atoms with Crippen molar-refractivity contribution >= 4 is 17.7 Å². The summed E-state index contributed by atoms with van der Waals surface area (Å²) >= 11 is 1.56. The first-order chi connectivity index (χ1) is 9.81. The number of rotatable bonds is 7. The van der Waals surface area contributed by atoms with E-state index in [1.165, 1.54) is 0 Å². The SMILES string of the molecule is NCCn1nnnc1SCCCC(=O)N1CCOCC1. The first-order valence-corrected chi connectivity index (χ1v) is 7.74. The van der Waals surface area contributed by atoms with Gasteiger partial charge in [-0.3, -0.25) is 4.79 Å². The van der Waals surface area contributed by atoms with Gasteiger partial charge in [-0.15, -0.1) is 5.10 Å². The smallest absolute Gasteiger partial charge is 0.222 e. The Hall–Kier alpha value is -1.19. The van der Waals surface area contributed by atoms with E-state index >= 15 is 0 Å². The Morgan fingerprint density at radius 2 is 2.20 bits per heavy atom. The van der Waals surface area contributed by atoms with Gasteiger partial charge in [0.25, 0.3) is 0 Å². The second-order valence-electron chi connectivity index (χ2n) is 4.42. The minimum atomic E-state index is 0.204. The van der Waals surface area contributed by atoms with Crippen LogP contribution in [-0.2, 0) is 16.1 Å². The van der Waals surface area contributed by atoms with Crippen LogP contribution in [0.15, 0.2) is 5.16 Å². The van der Waals surface area contributed by atoms with E-state index in [2.05, 4.69) is 15.5 Å². The molecule has 1 aliphatic heterocycles. The fourth-order valence-electron chi connectivity index (χ4n) is 1.92. The quantitative estimate of drug-likeness (QED) is 0.528. The zero-order valence-corrected chi connectivity index (χ0v) is 12.2. The Morgan fingerprint density at radius 3 is 2.95 bits per heavy atom. The van der Waals surface area contributed by atoms with Gasteiger partial charge in [0.2, 0.25) is 11.1 Å². The number of tetrazole rings is 1. The van der Waals surface area contributed by atoms with Crippen molar-refractivity contribution in [2.24, 2.45) is 5.73 Å². The first-order valence-electron chi connectivity index (χ1n) is 6.76. The fraction of sp³-hybridized carbons (Fsp3) is 0.818. The number of morpholine rings is 1. The normalized spacial score (nSPS) is 15.6. The van der Waals surface area contributed by atoms with Gasteiger partial charge in [0, 0.05) is 31.8 Å². The second-order valence-corrected chi connectivity index (χ2v) is 5.48. The molecule has 8 nitrogen and oxygen atoms in total. The molecule has 9 heteroatoms. The number of hydrogen-bond donors (Lipinski definition) is 1. The van der Waals surface area contributed by atoms with Gasteiger partial charge in [-0.2, -0.15) is 0 Å². The number of hydrogen-bond acceptors (Lipinski definition) is 7. The molecule has 1 fully saturated rings. The van der Waals surface area contributed by atoms with Crippen LogP contribution in [0.1, 0.15) is 12.8 Å². The molecular formula is C11H20N6O2S. The summed E-state index contributed by atoms with van der Waals surface area (Å²) in [5.74, 6) is 1.02. The predicted molar refractivity (Wildman–Crippen MR) is 74.2 cm³/mol. The highest BCUT2D eigenvalue weighted by molar-refractivity contribution is 7.99. The number of thioether (sulfide) groups is 1. The van der Waals surface area contributed by atoms with Gasteiger partial charge in [-0.1, -0.05) is 11.8 Å². The number of nitrogens with two attached hydrogens (primary N) is 1. The third kappa shape index (κ3) is 4.43. The minimum absolute atomic E-state index is 0.204. The van der Waals surface area contributed by atoms with E-state index in [0.29, 0.717) is 45.8 Å². The summed E-state index contributed by atoms with van der Waals surface area (Å²) in [6.07, 6.45) is 1.38. The van der Waals surface area contributed by atoms with Crippen molar-refractivity contribution in [1.82, 2.24) is 25.1 Å². The highest BCUT2D eigenvalue weighted by Gasteiger charge is 2.16. The molecule has 0 aromatic carbocycles. The van der Waals surface area contributed by atoms with E-state index in [-0.39, 0.29) is 5.91 Å². The molecule has 0 radical (unpaired) electrons. The number of nitrogens with zero attached hydrogens (tertiary/aromatic N) is 5. The van der Waals surface area contributed by atoms with Crippen LogP contribution < -0.4 is 5.73 Å². The Bertz CT molecular complexity index is 421. The van der Waals surface area contributed by atoms with Gasteiger partial charge in [0.1, 0.15) is 0 Å². The summed E-state index contributed by atoms with van der Waals surface area (Å²) in [6, 6.07) is 0. The summed E-state index contributed by atoms with van der Waals surface area (Å²) in [5.41, 5.74) is 5.48. The van der Waals surface area contributed by atoms with E-state index in [1.54, 1.807) is 16.4 Å². The lowest BCUT2D eigenvalue weighted by atomic mass is 10.3. The first kappa shape index (κ1) is 15.2. The molecule has 0 aliphatic carbocycles. The van der Waals surface area contributed by atoms with E-state index < -0.39 is 0 Å². The van der Waals surface area contributed by atoms with Crippen molar-refractivity contribution < 1.29 is 9.53 Å². The second kappa shape index (κ2) is 8.18. The number of carbonyl (C=O) groups excluding carboxylic acids is 1. The third-order valence-corrected chi connectivity index (χ3v) is 4.01. The summed E-state index contributed by atoms with van der Waals surface area (Å²) in [7, 11) is 0. The average molecular weight is 300 g/mol. The van der Waals surface area contributed by atoms with Crippen molar-refractivity contribution in [2.75, 3.05) is 38.6 Å². The number of aromatic nitrogens is 4. The van der Waals surface area contributed by atoms with Gasteiger partial charge in [0.05, 0.1) is 19.8 Å². The minimum Gasteiger partial charge on any atom is -0.378 e. The molecule has 2 N–H and O–H groups in total. The molecule has 0 unspecified atom stereocenters. The molecule has 1 aliphatic rings. The van der Waals surface area contributed by atoms with Gasteiger partial charge >= 0.3 is 0 Å². The van der Waals surface area contributed by atoms with Crippen molar-refractivity contribution in [1.29, 1.82) is 0 Å². The summed E-state index contributed by atoms with van der Waals surface area (Å²) in [4.78, 5) is 13.8. The van der Waals surface area contributed by atoms with Crippen molar-refractivity contribution in [3.05, 3.63) is 0 Å². The van der Waals surface area contributed by atoms with Crippen LogP contribution in [0.25, 0.3) is 0 Å². The Balaban J connectivity index is 1.65. The molecule has 0 saturated carbocycles. The van der Waals surface area contributed by atoms with Crippen molar-refractivity contribution in [3.8, 4) is 0 Å². The van der Waals surface area contributed by atoms with Gasteiger partial charge in [-0.05, 0) is 16.8 Å². The van der Waals surface area contributed by atoms with Crippen LogP contribution in [0.4, 0.5) is 0 Å².